The molecule has 0 aromatic heterocycles. The van der Waals surface area contributed by atoms with Crippen LogP contribution in [-0.4, -0.2) is 25.9 Å². The highest BCUT2D eigenvalue weighted by Gasteiger charge is 2.21. The van der Waals surface area contributed by atoms with Crippen LogP contribution in [0.25, 0.3) is 0 Å². The minimum atomic E-state index is 0.111. The van der Waals surface area contributed by atoms with Gasteiger partial charge in [-0.25, -0.2) is 0 Å². The van der Waals surface area contributed by atoms with Crippen molar-refractivity contribution in [2.24, 2.45) is 5.73 Å². The molecule has 0 aliphatic heterocycles. The molecule has 1 rings (SSSR count). The molecular formula is C12H18BrNO3. The Morgan fingerprint density at radius 2 is 2.06 bits per heavy atom. The Labute approximate surface area is 110 Å². The summed E-state index contributed by atoms with van der Waals surface area (Å²) in [4.78, 5) is 0. The van der Waals surface area contributed by atoms with Crippen molar-refractivity contribution in [3.63, 3.8) is 0 Å². The Bertz CT molecular complexity index is 396. The second-order valence-corrected chi connectivity index (χ2v) is 4.69. The Hall–Kier alpha value is -0.940. The first kappa shape index (κ1) is 14.1. The summed E-state index contributed by atoms with van der Waals surface area (Å²) in [6.07, 6.45) is 0.793. The maximum atomic E-state index is 10.2. The van der Waals surface area contributed by atoms with E-state index < -0.39 is 0 Å². The van der Waals surface area contributed by atoms with Crippen LogP contribution in [0.15, 0.2) is 10.5 Å². The second-order valence-electron chi connectivity index (χ2n) is 3.83. The van der Waals surface area contributed by atoms with E-state index in [1.165, 1.54) is 14.2 Å². The Balaban J connectivity index is 3.31. The lowest BCUT2D eigenvalue weighted by molar-refractivity contribution is 0.329. The predicted octanol–water partition coefficient (Wildman–Crippen LogP) is 2.62. The summed E-state index contributed by atoms with van der Waals surface area (Å²) >= 11 is 3.44. The zero-order valence-corrected chi connectivity index (χ0v) is 11.9. The fourth-order valence-electron chi connectivity index (χ4n) is 1.82. The first-order chi connectivity index (χ1) is 8.06. The molecule has 3 N–H and O–H groups in total. The summed E-state index contributed by atoms with van der Waals surface area (Å²) in [5.41, 5.74) is 6.34. The number of nitrogens with two attached hydrogens (primary N) is 1. The number of rotatable bonds is 5. The van der Waals surface area contributed by atoms with Gasteiger partial charge >= 0.3 is 0 Å². The zero-order valence-electron chi connectivity index (χ0n) is 10.3. The van der Waals surface area contributed by atoms with Crippen LogP contribution < -0.4 is 15.2 Å². The van der Waals surface area contributed by atoms with Gasteiger partial charge in [0.1, 0.15) is 0 Å². The average Bonchev–Trinajstić information content (AvgIpc) is 2.28. The van der Waals surface area contributed by atoms with Crippen molar-refractivity contribution in [2.45, 2.75) is 19.3 Å². The summed E-state index contributed by atoms with van der Waals surface area (Å²) in [6, 6.07) is 1.79. The molecule has 96 valence electrons. The molecule has 0 radical (unpaired) electrons. The standard InChI is InChI=1S/C12H18BrNO3/c1-7(4-5-14)10-8(13)6-9(16-2)12(17-3)11(10)15/h6-7,15H,4-5,14H2,1-3H3. The van der Waals surface area contributed by atoms with Gasteiger partial charge in [-0.3, -0.25) is 0 Å². The summed E-state index contributed by atoms with van der Waals surface area (Å²) in [6.45, 7) is 2.58. The zero-order chi connectivity index (χ0) is 13.0. The molecule has 0 spiro atoms. The molecule has 0 aliphatic rings. The van der Waals surface area contributed by atoms with E-state index in [4.69, 9.17) is 15.2 Å². The van der Waals surface area contributed by atoms with E-state index in [2.05, 4.69) is 15.9 Å². The highest BCUT2D eigenvalue weighted by atomic mass is 79.9. The second kappa shape index (κ2) is 6.12. The predicted molar refractivity (Wildman–Crippen MR) is 71.0 cm³/mol. The van der Waals surface area contributed by atoms with Crippen molar-refractivity contribution >= 4 is 15.9 Å². The highest BCUT2D eigenvalue weighted by Crippen LogP contribution is 2.46. The third-order valence-corrected chi connectivity index (χ3v) is 3.38. The van der Waals surface area contributed by atoms with Gasteiger partial charge in [-0.1, -0.05) is 22.9 Å². The summed E-state index contributed by atoms with van der Waals surface area (Å²) in [5, 5.41) is 10.2. The van der Waals surface area contributed by atoms with Crippen LogP contribution in [0, 0.1) is 0 Å². The van der Waals surface area contributed by atoms with E-state index >= 15 is 0 Å². The van der Waals surface area contributed by atoms with Crippen LogP contribution in [-0.2, 0) is 0 Å². The molecule has 1 aromatic carbocycles. The first-order valence-electron chi connectivity index (χ1n) is 5.40. The fraction of sp³-hybridized carbons (Fsp3) is 0.500. The molecule has 0 saturated carbocycles. The number of benzene rings is 1. The number of ether oxygens (including phenoxy) is 2. The van der Waals surface area contributed by atoms with E-state index in [9.17, 15) is 5.11 Å². The molecular weight excluding hydrogens is 286 g/mol. The number of phenols is 1. The van der Waals surface area contributed by atoms with E-state index in [1.807, 2.05) is 6.92 Å². The van der Waals surface area contributed by atoms with Crippen molar-refractivity contribution in [3.8, 4) is 17.2 Å². The minimum Gasteiger partial charge on any atom is -0.504 e. The van der Waals surface area contributed by atoms with Gasteiger partial charge in [-0.2, -0.15) is 0 Å². The quantitative estimate of drug-likeness (QED) is 0.877. The molecule has 0 aliphatic carbocycles. The van der Waals surface area contributed by atoms with E-state index in [0.29, 0.717) is 18.0 Å². The normalized spacial score (nSPS) is 12.3. The number of halogens is 1. The van der Waals surface area contributed by atoms with Crippen molar-refractivity contribution in [3.05, 3.63) is 16.1 Å². The number of hydrogen-bond acceptors (Lipinski definition) is 4. The van der Waals surface area contributed by atoms with Crippen LogP contribution in [0.5, 0.6) is 17.2 Å². The summed E-state index contributed by atoms with van der Waals surface area (Å²) < 4.78 is 11.1. The molecule has 1 atom stereocenters. The topological polar surface area (TPSA) is 64.7 Å². The average molecular weight is 304 g/mol. The number of phenolic OH excluding ortho intramolecular Hbond substituents is 1. The summed E-state index contributed by atoms with van der Waals surface area (Å²) in [7, 11) is 3.04. The summed E-state index contributed by atoms with van der Waals surface area (Å²) in [5.74, 6) is 1.11. The van der Waals surface area contributed by atoms with E-state index in [1.54, 1.807) is 6.07 Å². The molecule has 17 heavy (non-hydrogen) atoms. The van der Waals surface area contributed by atoms with E-state index in [-0.39, 0.29) is 11.7 Å². The van der Waals surface area contributed by atoms with Crippen LogP contribution in [0.4, 0.5) is 0 Å². The molecule has 0 saturated heterocycles. The maximum absolute atomic E-state index is 10.2. The SMILES string of the molecule is COc1cc(Br)c(C(C)CCN)c(O)c1OC. The highest BCUT2D eigenvalue weighted by molar-refractivity contribution is 9.10. The third-order valence-electron chi connectivity index (χ3n) is 2.73. The molecule has 0 bridgehead atoms. The number of aromatic hydroxyl groups is 1. The first-order valence-corrected chi connectivity index (χ1v) is 6.19. The van der Waals surface area contributed by atoms with Crippen LogP contribution in [0.1, 0.15) is 24.8 Å². The van der Waals surface area contributed by atoms with Gasteiger partial charge in [-0.15, -0.1) is 0 Å². The Kier molecular flexibility index (Phi) is 5.08. The van der Waals surface area contributed by atoms with Crippen molar-refractivity contribution in [1.82, 2.24) is 0 Å². The third kappa shape index (κ3) is 2.84. The minimum absolute atomic E-state index is 0.111. The molecule has 1 aromatic rings. The van der Waals surface area contributed by atoms with Gasteiger partial charge in [0.25, 0.3) is 0 Å². The largest absolute Gasteiger partial charge is 0.504 e. The fourth-order valence-corrected chi connectivity index (χ4v) is 2.61. The molecule has 1 unspecified atom stereocenters. The lowest BCUT2D eigenvalue weighted by Crippen LogP contribution is -2.06. The van der Waals surface area contributed by atoms with Gasteiger partial charge in [0.15, 0.2) is 11.5 Å². The smallest absolute Gasteiger partial charge is 0.203 e. The number of hydrogen-bond donors (Lipinski definition) is 2. The van der Waals surface area contributed by atoms with Gasteiger partial charge in [-0.05, 0) is 24.9 Å². The lowest BCUT2D eigenvalue weighted by atomic mass is 9.96. The van der Waals surface area contributed by atoms with Gasteiger partial charge < -0.3 is 20.3 Å². The van der Waals surface area contributed by atoms with Crippen LogP contribution in [0.3, 0.4) is 0 Å². The van der Waals surface area contributed by atoms with Crippen molar-refractivity contribution < 1.29 is 14.6 Å². The molecule has 0 fully saturated rings. The molecule has 0 heterocycles. The molecule has 4 nitrogen and oxygen atoms in total. The lowest BCUT2D eigenvalue weighted by Gasteiger charge is -2.18. The molecule has 5 heteroatoms. The van der Waals surface area contributed by atoms with E-state index in [0.717, 1.165) is 16.5 Å². The van der Waals surface area contributed by atoms with Gasteiger partial charge in [0, 0.05) is 10.0 Å². The molecule has 0 amide bonds. The van der Waals surface area contributed by atoms with Crippen LogP contribution >= 0.6 is 15.9 Å². The van der Waals surface area contributed by atoms with Crippen LogP contribution in [0.2, 0.25) is 0 Å². The van der Waals surface area contributed by atoms with Crippen molar-refractivity contribution in [2.75, 3.05) is 20.8 Å². The van der Waals surface area contributed by atoms with Gasteiger partial charge in [0.2, 0.25) is 5.75 Å². The monoisotopic (exact) mass is 303 g/mol. The Morgan fingerprint density at radius 3 is 2.53 bits per heavy atom. The van der Waals surface area contributed by atoms with Crippen molar-refractivity contribution in [1.29, 1.82) is 0 Å². The van der Waals surface area contributed by atoms with Gasteiger partial charge in [0.05, 0.1) is 14.2 Å². The Morgan fingerprint density at radius 1 is 1.41 bits per heavy atom. The number of methoxy groups -OCH3 is 2. The maximum Gasteiger partial charge on any atom is 0.203 e.